The summed E-state index contributed by atoms with van der Waals surface area (Å²) >= 11 is 0. The molecule has 42 heavy (non-hydrogen) atoms. The Balaban J connectivity index is 1.13. The molecule has 232 valence electrons. The van der Waals surface area contributed by atoms with Gasteiger partial charge in [0.05, 0.1) is 24.9 Å². The number of benzene rings is 1. The summed E-state index contributed by atoms with van der Waals surface area (Å²) in [7, 11) is 0. The molecule has 1 aromatic carbocycles. The van der Waals surface area contributed by atoms with E-state index >= 15 is 0 Å². The van der Waals surface area contributed by atoms with Crippen LogP contribution >= 0.6 is 0 Å². The summed E-state index contributed by atoms with van der Waals surface area (Å²) in [5.74, 6) is 4.56. The van der Waals surface area contributed by atoms with Crippen LogP contribution in [0.4, 0.5) is 0 Å². The molecule has 0 saturated heterocycles. The fourth-order valence-corrected chi connectivity index (χ4v) is 7.12. The van der Waals surface area contributed by atoms with Gasteiger partial charge in [0.2, 0.25) is 0 Å². The number of carbonyl (C=O) groups excluding carboxylic acids is 1. The van der Waals surface area contributed by atoms with E-state index in [1.54, 1.807) is 12.4 Å². The van der Waals surface area contributed by atoms with E-state index in [-0.39, 0.29) is 11.9 Å². The molecule has 1 aromatic heterocycles. The second-order valence-electron chi connectivity index (χ2n) is 13.0. The molecule has 0 bridgehead atoms. The first-order valence-electron chi connectivity index (χ1n) is 17.4. The first-order chi connectivity index (χ1) is 20.7. The lowest BCUT2D eigenvalue weighted by Crippen LogP contribution is -2.30. The van der Waals surface area contributed by atoms with Crippen molar-refractivity contribution in [2.75, 3.05) is 6.61 Å². The van der Waals surface area contributed by atoms with Crippen LogP contribution in [0.3, 0.4) is 0 Å². The SMILES string of the molecule is CCCCCCCOc1cnc(-c2ccc(OC(=O)[C@H]3CC[C@H]([C@H]4CC[C@H](CCCCCCC)CC4)CC3)cc2)nc1. The van der Waals surface area contributed by atoms with Gasteiger partial charge in [-0.05, 0) is 87.0 Å². The molecule has 2 aromatic rings. The van der Waals surface area contributed by atoms with Gasteiger partial charge in [-0.2, -0.15) is 0 Å². The molecule has 2 saturated carbocycles. The third-order valence-corrected chi connectivity index (χ3v) is 9.85. The number of unbranched alkanes of at least 4 members (excludes halogenated alkanes) is 8. The molecule has 0 radical (unpaired) electrons. The number of carbonyl (C=O) groups is 1. The van der Waals surface area contributed by atoms with Gasteiger partial charge < -0.3 is 9.47 Å². The van der Waals surface area contributed by atoms with Crippen molar-refractivity contribution in [1.29, 1.82) is 0 Å². The van der Waals surface area contributed by atoms with Crippen molar-refractivity contribution in [1.82, 2.24) is 9.97 Å². The van der Waals surface area contributed by atoms with Crippen LogP contribution in [0.5, 0.6) is 11.5 Å². The molecule has 0 atom stereocenters. The Labute approximate surface area is 255 Å². The number of ether oxygens (including phenoxy) is 2. The molecule has 2 aliphatic carbocycles. The minimum atomic E-state index is -0.0690. The zero-order valence-electron chi connectivity index (χ0n) is 26.5. The summed E-state index contributed by atoms with van der Waals surface area (Å²) in [5.41, 5.74) is 0.896. The molecule has 4 rings (SSSR count). The monoisotopic (exact) mass is 576 g/mol. The molecule has 0 aliphatic heterocycles. The Morgan fingerprint density at radius 3 is 1.88 bits per heavy atom. The predicted molar refractivity (Wildman–Crippen MR) is 172 cm³/mol. The summed E-state index contributed by atoms with van der Waals surface area (Å²) in [4.78, 5) is 21.9. The van der Waals surface area contributed by atoms with Crippen LogP contribution in [0.2, 0.25) is 0 Å². The third kappa shape index (κ3) is 10.7. The molecular formula is C37H56N2O3. The Bertz CT molecular complexity index is 1010. The zero-order valence-corrected chi connectivity index (χ0v) is 26.5. The molecule has 0 amide bonds. The minimum Gasteiger partial charge on any atom is -0.490 e. The average molecular weight is 577 g/mol. The largest absolute Gasteiger partial charge is 0.490 e. The summed E-state index contributed by atoms with van der Waals surface area (Å²) in [6, 6.07) is 7.55. The van der Waals surface area contributed by atoms with E-state index in [0.717, 1.165) is 42.6 Å². The topological polar surface area (TPSA) is 61.3 Å². The molecule has 0 N–H and O–H groups in total. The highest BCUT2D eigenvalue weighted by Gasteiger charge is 2.33. The molecule has 0 unspecified atom stereocenters. The Morgan fingerprint density at radius 2 is 1.26 bits per heavy atom. The lowest BCUT2D eigenvalue weighted by atomic mass is 9.68. The van der Waals surface area contributed by atoms with Crippen molar-refractivity contribution in [2.45, 2.75) is 136 Å². The van der Waals surface area contributed by atoms with E-state index in [1.807, 2.05) is 24.3 Å². The maximum atomic E-state index is 13.0. The number of rotatable bonds is 17. The van der Waals surface area contributed by atoms with Gasteiger partial charge in [0.15, 0.2) is 11.6 Å². The van der Waals surface area contributed by atoms with Crippen LogP contribution in [0.1, 0.15) is 136 Å². The number of hydrogen-bond donors (Lipinski definition) is 0. The summed E-state index contributed by atoms with van der Waals surface area (Å²) in [6.07, 6.45) is 28.0. The van der Waals surface area contributed by atoms with Crippen LogP contribution in [-0.4, -0.2) is 22.5 Å². The quantitative estimate of drug-likeness (QED) is 0.106. The molecule has 0 spiro atoms. The second kappa shape index (κ2) is 18.3. The number of esters is 1. The highest BCUT2D eigenvalue weighted by atomic mass is 16.5. The van der Waals surface area contributed by atoms with E-state index < -0.39 is 0 Å². The van der Waals surface area contributed by atoms with Gasteiger partial charge in [-0.25, -0.2) is 9.97 Å². The number of nitrogens with zero attached hydrogens (tertiary/aromatic N) is 2. The van der Waals surface area contributed by atoms with Crippen molar-refractivity contribution in [3.63, 3.8) is 0 Å². The van der Waals surface area contributed by atoms with Crippen LogP contribution in [-0.2, 0) is 4.79 Å². The van der Waals surface area contributed by atoms with Gasteiger partial charge in [-0.1, -0.05) is 90.9 Å². The van der Waals surface area contributed by atoms with Gasteiger partial charge >= 0.3 is 5.97 Å². The highest BCUT2D eigenvalue weighted by Crippen LogP contribution is 2.42. The molecule has 2 aliphatic rings. The maximum absolute atomic E-state index is 13.0. The van der Waals surface area contributed by atoms with Gasteiger partial charge in [0, 0.05) is 5.56 Å². The van der Waals surface area contributed by atoms with Crippen LogP contribution < -0.4 is 9.47 Å². The average Bonchev–Trinajstić information content (AvgIpc) is 3.04. The summed E-state index contributed by atoms with van der Waals surface area (Å²) in [6.45, 7) is 5.22. The molecule has 2 fully saturated rings. The number of aromatic nitrogens is 2. The number of hydrogen-bond acceptors (Lipinski definition) is 5. The van der Waals surface area contributed by atoms with Crippen molar-refractivity contribution < 1.29 is 14.3 Å². The lowest BCUT2D eigenvalue weighted by molar-refractivity contribution is -0.140. The molecule has 5 nitrogen and oxygen atoms in total. The first kappa shape index (κ1) is 32.5. The standard InChI is InChI=1S/C37H56N2O3/c1-3-5-7-9-11-13-29-14-16-30(17-15-29)31-18-20-33(21-19-31)37(40)42-34-24-22-32(23-25-34)36-38-27-35(28-39-36)41-26-12-10-8-6-4-2/h22-25,27-31,33H,3-21,26H2,1-2H3/t29-,30-,31-,33-. The van der Waals surface area contributed by atoms with Crippen LogP contribution in [0, 0.1) is 23.7 Å². The Morgan fingerprint density at radius 1 is 0.690 bits per heavy atom. The smallest absolute Gasteiger partial charge is 0.314 e. The van der Waals surface area contributed by atoms with Crippen LogP contribution in [0.15, 0.2) is 36.7 Å². The van der Waals surface area contributed by atoms with E-state index in [1.165, 1.54) is 103 Å². The minimum absolute atomic E-state index is 0.0305. The highest BCUT2D eigenvalue weighted by molar-refractivity contribution is 5.75. The van der Waals surface area contributed by atoms with E-state index in [9.17, 15) is 4.79 Å². The van der Waals surface area contributed by atoms with Crippen molar-refractivity contribution in [3.8, 4) is 22.9 Å². The molecule has 1 heterocycles. The van der Waals surface area contributed by atoms with Crippen molar-refractivity contribution in [2.24, 2.45) is 23.7 Å². The zero-order chi connectivity index (χ0) is 29.4. The summed E-state index contributed by atoms with van der Waals surface area (Å²) < 4.78 is 11.6. The van der Waals surface area contributed by atoms with Crippen molar-refractivity contribution >= 4 is 5.97 Å². The van der Waals surface area contributed by atoms with Gasteiger partial charge in [-0.15, -0.1) is 0 Å². The normalized spacial score (nSPS) is 22.5. The second-order valence-corrected chi connectivity index (χ2v) is 13.0. The van der Waals surface area contributed by atoms with Crippen molar-refractivity contribution in [3.05, 3.63) is 36.7 Å². The third-order valence-electron chi connectivity index (χ3n) is 9.85. The Kier molecular flexibility index (Phi) is 14.1. The van der Waals surface area contributed by atoms with Gasteiger partial charge in [0.25, 0.3) is 0 Å². The maximum Gasteiger partial charge on any atom is 0.314 e. The predicted octanol–water partition coefficient (Wildman–Crippen LogP) is 10.4. The van der Waals surface area contributed by atoms with Gasteiger partial charge in [-0.3, -0.25) is 4.79 Å². The van der Waals surface area contributed by atoms with Crippen LogP contribution in [0.25, 0.3) is 11.4 Å². The fraction of sp³-hybridized carbons (Fsp3) is 0.703. The van der Waals surface area contributed by atoms with E-state index in [4.69, 9.17) is 9.47 Å². The molecular weight excluding hydrogens is 520 g/mol. The van der Waals surface area contributed by atoms with Gasteiger partial charge in [0.1, 0.15) is 5.75 Å². The molecule has 5 heteroatoms. The fourth-order valence-electron chi connectivity index (χ4n) is 7.12. The summed E-state index contributed by atoms with van der Waals surface area (Å²) in [5, 5.41) is 0. The van der Waals surface area contributed by atoms with E-state index in [2.05, 4.69) is 23.8 Å². The first-order valence-corrected chi connectivity index (χ1v) is 17.4. The lowest BCUT2D eigenvalue weighted by Gasteiger charge is -2.37. The Hall–Kier alpha value is -2.43. The van der Waals surface area contributed by atoms with E-state index in [0.29, 0.717) is 23.9 Å².